The molecule has 0 bridgehead atoms. The van der Waals surface area contributed by atoms with Gasteiger partial charge in [-0.2, -0.15) is 0 Å². The molecule has 1 aromatic heterocycles. The molecule has 0 aromatic carbocycles. The fourth-order valence-corrected chi connectivity index (χ4v) is 3.19. The van der Waals surface area contributed by atoms with Gasteiger partial charge in [0, 0.05) is 18.6 Å². The lowest BCUT2D eigenvalue weighted by Gasteiger charge is -2.39. The topological polar surface area (TPSA) is 42.4 Å². The molecule has 0 aliphatic carbocycles. The summed E-state index contributed by atoms with van der Waals surface area (Å²) in [6.07, 6.45) is 3.73. The van der Waals surface area contributed by atoms with E-state index in [1.165, 1.54) is 19.3 Å². The Balaban J connectivity index is 2.09. The number of nitrogens with two attached hydrogens (primary N) is 1. The van der Waals surface area contributed by atoms with E-state index in [1.54, 1.807) is 0 Å². The predicted octanol–water partition coefficient (Wildman–Crippen LogP) is 3.51. The maximum absolute atomic E-state index is 5.85. The van der Waals surface area contributed by atoms with Crippen molar-refractivity contribution in [1.82, 2.24) is 4.90 Å². The van der Waals surface area contributed by atoms with Crippen LogP contribution < -0.4 is 5.73 Å². The molecule has 2 unspecified atom stereocenters. The van der Waals surface area contributed by atoms with Crippen molar-refractivity contribution in [1.29, 1.82) is 0 Å². The first-order valence-electron chi connectivity index (χ1n) is 6.01. The molecular formula is C12H18Br2N2O. The Labute approximate surface area is 119 Å². The summed E-state index contributed by atoms with van der Waals surface area (Å²) in [5.74, 6) is 0.982. The van der Waals surface area contributed by atoms with Gasteiger partial charge in [-0.25, -0.2) is 0 Å². The van der Waals surface area contributed by atoms with Crippen molar-refractivity contribution < 1.29 is 4.42 Å². The third-order valence-corrected chi connectivity index (χ3v) is 5.21. The van der Waals surface area contributed by atoms with Crippen molar-refractivity contribution in [2.75, 3.05) is 6.54 Å². The summed E-state index contributed by atoms with van der Waals surface area (Å²) in [4.78, 5) is 2.46. The fraction of sp³-hybridized carbons (Fsp3) is 0.667. The Bertz CT molecular complexity index is 361. The van der Waals surface area contributed by atoms with Gasteiger partial charge in [0.25, 0.3) is 0 Å². The minimum atomic E-state index is 0.487. The highest BCUT2D eigenvalue weighted by molar-refractivity contribution is 9.13. The number of hydrogen-bond acceptors (Lipinski definition) is 3. The third-order valence-electron chi connectivity index (χ3n) is 3.50. The predicted molar refractivity (Wildman–Crippen MR) is 75.8 cm³/mol. The lowest BCUT2D eigenvalue weighted by atomic mass is 9.96. The van der Waals surface area contributed by atoms with E-state index in [9.17, 15) is 0 Å². The van der Waals surface area contributed by atoms with E-state index >= 15 is 0 Å². The largest absolute Gasteiger partial charge is 0.452 e. The first-order chi connectivity index (χ1) is 8.11. The summed E-state index contributed by atoms with van der Waals surface area (Å²) in [5, 5.41) is 0. The van der Waals surface area contributed by atoms with Crippen LogP contribution in [0.3, 0.4) is 0 Å². The monoisotopic (exact) mass is 364 g/mol. The summed E-state index contributed by atoms with van der Waals surface area (Å²) in [5.41, 5.74) is 5.85. The van der Waals surface area contributed by atoms with E-state index in [0.29, 0.717) is 12.1 Å². The highest BCUT2D eigenvalue weighted by Gasteiger charge is 2.27. The fourth-order valence-electron chi connectivity index (χ4n) is 2.53. The molecule has 1 saturated heterocycles. The summed E-state index contributed by atoms with van der Waals surface area (Å²) >= 11 is 6.82. The van der Waals surface area contributed by atoms with Crippen LogP contribution in [0.2, 0.25) is 0 Å². The van der Waals surface area contributed by atoms with Crippen LogP contribution in [-0.2, 0) is 6.54 Å². The molecule has 0 radical (unpaired) electrons. The average Bonchev–Trinajstić information content (AvgIpc) is 2.61. The maximum Gasteiger partial charge on any atom is 0.183 e. The molecule has 3 nitrogen and oxygen atoms in total. The number of piperidine rings is 1. The molecular weight excluding hydrogens is 348 g/mol. The molecule has 2 atom stereocenters. The third kappa shape index (κ3) is 3.13. The second-order valence-electron chi connectivity index (χ2n) is 4.68. The van der Waals surface area contributed by atoms with Crippen molar-refractivity contribution >= 4 is 31.9 Å². The second-order valence-corrected chi connectivity index (χ2v) is 6.25. The zero-order valence-corrected chi connectivity index (χ0v) is 13.1. The van der Waals surface area contributed by atoms with E-state index in [1.807, 2.05) is 6.07 Å². The Morgan fingerprint density at radius 2 is 2.24 bits per heavy atom. The van der Waals surface area contributed by atoms with Gasteiger partial charge in [0.2, 0.25) is 0 Å². The quantitative estimate of drug-likeness (QED) is 0.891. The van der Waals surface area contributed by atoms with Gasteiger partial charge >= 0.3 is 0 Å². The summed E-state index contributed by atoms with van der Waals surface area (Å²) < 4.78 is 7.38. The van der Waals surface area contributed by atoms with Crippen LogP contribution in [0.1, 0.15) is 31.9 Å². The van der Waals surface area contributed by atoms with E-state index in [0.717, 1.165) is 28.0 Å². The minimum Gasteiger partial charge on any atom is -0.452 e. The lowest BCUT2D eigenvalue weighted by Crippen LogP contribution is -2.48. The number of rotatable bonds is 3. The van der Waals surface area contributed by atoms with Crippen molar-refractivity contribution in [2.45, 2.75) is 44.8 Å². The van der Waals surface area contributed by atoms with Crippen LogP contribution >= 0.6 is 31.9 Å². The van der Waals surface area contributed by atoms with E-state index < -0.39 is 0 Å². The van der Waals surface area contributed by atoms with E-state index in [4.69, 9.17) is 10.2 Å². The highest BCUT2D eigenvalue weighted by Crippen LogP contribution is 2.30. The zero-order chi connectivity index (χ0) is 12.4. The number of furan rings is 1. The molecule has 0 saturated carbocycles. The van der Waals surface area contributed by atoms with Crippen LogP contribution in [0.25, 0.3) is 0 Å². The molecule has 5 heteroatoms. The second kappa shape index (κ2) is 5.87. The van der Waals surface area contributed by atoms with Crippen molar-refractivity contribution in [2.24, 2.45) is 5.73 Å². The zero-order valence-electron chi connectivity index (χ0n) is 9.96. The van der Waals surface area contributed by atoms with Gasteiger partial charge in [-0.15, -0.1) is 0 Å². The first-order valence-corrected chi connectivity index (χ1v) is 7.60. The van der Waals surface area contributed by atoms with Gasteiger partial charge in [-0.05, 0) is 57.7 Å². The van der Waals surface area contributed by atoms with Gasteiger partial charge in [0.15, 0.2) is 4.67 Å². The molecule has 1 aliphatic heterocycles. The molecule has 17 heavy (non-hydrogen) atoms. The molecule has 96 valence electrons. The number of nitrogens with zero attached hydrogens (tertiary/aromatic N) is 1. The lowest BCUT2D eigenvalue weighted by molar-refractivity contribution is 0.0811. The van der Waals surface area contributed by atoms with Crippen LogP contribution in [0.5, 0.6) is 0 Å². The van der Waals surface area contributed by atoms with Gasteiger partial charge in [-0.1, -0.05) is 6.42 Å². The maximum atomic E-state index is 5.85. The van der Waals surface area contributed by atoms with E-state index in [2.05, 4.69) is 43.7 Å². The summed E-state index contributed by atoms with van der Waals surface area (Å²) in [7, 11) is 0. The van der Waals surface area contributed by atoms with Crippen LogP contribution in [-0.4, -0.2) is 23.5 Å². The Hall–Kier alpha value is 0.160. The normalized spacial score (nSPS) is 26.4. The molecule has 0 amide bonds. The Morgan fingerprint density at radius 1 is 1.47 bits per heavy atom. The van der Waals surface area contributed by atoms with Gasteiger partial charge < -0.3 is 10.2 Å². The summed E-state index contributed by atoms with van der Waals surface area (Å²) in [6.45, 7) is 3.84. The average molecular weight is 366 g/mol. The van der Waals surface area contributed by atoms with Crippen LogP contribution in [0, 0.1) is 0 Å². The first kappa shape index (κ1) is 13.6. The van der Waals surface area contributed by atoms with E-state index in [-0.39, 0.29) is 0 Å². The standard InChI is InChI=1S/C12H18Br2N2O/c1-8-3-2-4-9(6-15)16(8)7-10-5-11(13)12(14)17-10/h5,8-9H,2-4,6-7,15H2,1H3. The van der Waals surface area contributed by atoms with Crippen LogP contribution in [0.15, 0.2) is 19.6 Å². The van der Waals surface area contributed by atoms with Crippen molar-refractivity contribution in [3.05, 3.63) is 21.0 Å². The van der Waals surface area contributed by atoms with Gasteiger partial charge in [0.05, 0.1) is 11.0 Å². The molecule has 2 heterocycles. The molecule has 2 N–H and O–H groups in total. The minimum absolute atomic E-state index is 0.487. The SMILES string of the molecule is CC1CCCC(CN)N1Cc1cc(Br)c(Br)o1. The van der Waals surface area contributed by atoms with Gasteiger partial charge in [0.1, 0.15) is 5.76 Å². The summed E-state index contributed by atoms with van der Waals surface area (Å²) in [6, 6.07) is 3.10. The molecule has 1 fully saturated rings. The Kier molecular flexibility index (Phi) is 4.69. The molecule has 1 aliphatic rings. The smallest absolute Gasteiger partial charge is 0.183 e. The highest BCUT2D eigenvalue weighted by atomic mass is 79.9. The number of likely N-dealkylation sites (tertiary alicyclic amines) is 1. The molecule has 0 spiro atoms. The van der Waals surface area contributed by atoms with Gasteiger partial charge in [-0.3, -0.25) is 4.90 Å². The Morgan fingerprint density at radius 3 is 2.82 bits per heavy atom. The molecule has 2 rings (SSSR count). The van der Waals surface area contributed by atoms with Crippen LogP contribution in [0.4, 0.5) is 0 Å². The van der Waals surface area contributed by atoms with Crippen molar-refractivity contribution in [3.63, 3.8) is 0 Å². The molecule has 1 aromatic rings. The number of hydrogen-bond donors (Lipinski definition) is 1. The van der Waals surface area contributed by atoms with Crippen molar-refractivity contribution in [3.8, 4) is 0 Å². The number of halogens is 2.